The van der Waals surface area contributed by atoms with E-state index in [-0.39, 0.29) is 0 Å². The number of rotatable bonds is 6. The zero-order valence-corrected chi connectivity index (χ0v) is 12.6. The van der Waals surface area contributed by atoms with Gasteiger partial charge in [-0.1, -0.05) is 24.6 Å². The van der Waals surface area contributed by atoms with Gasteiger partial charge in [-0.3, -0.25) is 0 Å². The molecule has 1 heterocycles. The lowest BCUT2D eigenvalue weighted by molar-refractivity contribution is 0.306. The summed E-state index contributed by atoms with van der Waals surface area (Å²) in [6.07, 6.45) is 2.86. The third kappa shape index (κ3) is 4.14. The molecule has 0 unspecified atom stereocenters. The van der Waals surface area contributed by atoms with Gasteiger partial charge in [-0.2, -0.15) is 0 Å². The lowest BCUT2D eigenvalue weighted by Gasteiger charge is -2.10. The number of ether oxygens (including phenoxy) is 1. The van der Waals surface area contributed by atoms with Crippen molar-refractivity contribution < 1.29 is 4.74 Å². The van der Waals surface area contributed by atoms with E-state index in [1.807, 2.05) is 37.3 Å². The van der Waals surface area contributed by atoms with Crippen LogP contribution < -0.4 is 10.1 Å². The molecule has 106 valence electrons. The fraction of sp³-hybridized carbons (Fsp3) is 0.312. The van der Waals surface area contributed by atoms with E-state index < -0.39 is 0 Å². The molecule has 0 aliphatic heterocycles. The predicted octanol–water partition coefficient (Wildman–Crippen LogP) is 4.44. The molecule has 0 aliphatic rings. The minimum absolute atomic E-state index is 0.478. The summed E-state index contributed by atoms with van der Waals surface area (Å²) in [4.78, 5) is 4.27. The third-order valence-electron chi connectivity index (χ3n) is 2.86. The molecule has 2 aromatic rings. The normalized spacial score (nSPS) is 10.3. The largest absolute Gasteiger partial charge is 0.487 e. The smallest absolute Gasteiger partial charge is 0.138 e. The van der Waals surface area contributed by atoms with Crippen molar-refractivity contribution in [2.45, 2.75) is 26.9 Å². The highest BCUT2D eigenvalue weighted by molar-refractivity contribution is 6.32. The predicted molar refractivity (Wildman–Crippen MR) is 83.5 cm³/mol. The Morgan fingerprint density at radius 3 is 2.85 bits per heavy atom. The number of pyridine rings is 1. The van der Waals surface area contributed by atoms with E-state index in [4.69, 9.17) is 16.3 Å². The molecule has 1 aromatic carbocycles. The molecule has 0 spiro atoms. The minimum atomic E-state index is 0.478. The zero-order chi connectivity index (χ0) is 14.4. The second kappa shape index (κ2) is 7.15. The number of benzene rings is 1. The Bertz CT molecular complexity index is 572. The molecule has 4 heteroatoms. The quantitative estimate of drug-likeness (QED) is 0.854. The summed E-state index contributed by atoms with van der Waals surface area (Å²) in [6.45, 7) is 5.52. The highest BCUT2D eigenvalue weighted by Gasteiger charge is 2.03. The zero-order valence-electron chi connectivity index (χ0n) is 11.8. The summed E-state index contributed by atoms with van der Waals surface area (Å²) in [5.74, 6) is 1.58. The lowest BCUT2D eigenvalue weighted by Crippen LogP contribution is -2.03. The van der Waals surface area contributed by atoms with Gasteiger partial charge < -0.3 is 10.1 Å². The van der Waals surface area contributed by atoms with Crippen LogP contribution in [0.1, 0.15) is 24.5 Å². The van der Waals surface area contributed by atoms with Crippen LogP contribution in [-0.4, -0.2) is 11.5 Å². The molecule has 0 bridgehead atoms. The van der Waals surface area contributed by atoms with Crippen molar-refractivity contribution in [2.75, 3.05) is 11.9 Å². The second-order valence-electron chi connectivity index (χ2n) is 4.70. The van der Waals surface area contributed by atoms with Crippen molar-refractivity contribution in [1.82, 2.24) is 4.98 Å². The Morgan fingerprint density at radius 1 is 1.25 bits per heavy atom. The van der Waals surface area contributed by atoms with Gasteiger partial charge in [-0.25, -0.2) is 4.98 Å². The Kier molecular flexibility index (Phi) is 5.24. The Hall–Kier alpha value is -1.74. The van der Waals surface area contributed by atoms with E-state index in [2.05, 4.69) is 17.2 Å². The molecule has 0 saturated heterocycles. The van der Waals surface area contributed by atoms with Gasteiger partial charge in [-0.05, 0) is 48.7 Å². The number of aryl methyl sites for hydroxylation is 1. The maximum absolute atomic E-state index is 6.15. The molecular formula is C16H19ClN2O. The topological polar surface area (TPSA) is 34.1 Å². The van der Waals surface area contributed by atoms with Crippen LogP contribution in [0, 0.1) is 6.92 Å². The van der Waals surface area contributed by atoms with E-state index in [1.165, 1.54) is 0 Å². The molecule has 0 radical (unpaired) electrons. The van der Waals surface area contributed by atoms with Gasteiger partial charge in [0.2, 0.25) is 0 Å². The van der Waals surface area contributed by atoms with Crippen molar-refractivity contribution in [3.05, 3.63) is 52.7 Å². The van der Waals surface area contributed by atoms with Crippen molar-refractivity contribution in [3.63, 3.8) is 0 Å². The second-order valence-corrected chi connectivity index (χ2v) is 5.11. The number of halogens is 1. The van der Waals surface area contributed by atoms with Gasteiger partial charge >= 0.3 is 0 Å². The van der Waals surface area contributed by atoms with Gasteiger partial charge in [-0.15, -0.1) is 0 Å². The van der Waals surface area contributed by atoms with Crippen LogP contribution in [0.5, 0.6) is 5.75 Å². The standard InChI is InChI=1S/C16H19ClN2O/c1-3-7-18-16-10-13(6-8-19-16)11-20-15-5-4-12(2)9-14(15)17/h4-6,8-10H,3,7,11H2,1-2H3,(H,18,19). The van der Waals surface area contributed by atoms with Crippen molar-refractivity contribution in [3.8, 4) is 5.75 Å². The molecule has 2 rings (SSSR count). The number of hydrogen-bond donors (Lipinski definition) is 1. The summed E-state index contributed by atoms with van der Waals surface area (Å²) >= 11 is 6.15. The maximum atomic E-state index is 6.15. The summed E-state index contributed by atoms with van der Waals surface area (Å²) < 4.78 is 5.75. The molecule has 0 atom stereocenters. The molecule has 20 heavy (non-hydrogen) atoms. The van der Waals surface area contributed by atoms with Crippen LogP contribution in [0.2, 0.25) is 5.02 Å². The number of nitrogens with one attached hydrogen (secondary N) is 1. The molecule has 0 fully saturated rings. The van der Waals surface area contributed by atoms with Crippen molar-refractivity contribution >= 4 is 17.4 Å². The molecule has 0 aliphatic carbocycles. The Labute approximate surface area is 124 Å². The Balaban J connectivity index is 1.99. The van der Waals surface area contributed by atoms with Gasteiger partial charge in [0.05, 0.1) is 5.02 Å². The average Bonchev–Trinajstić information content (AvgIpc) is 2.45. The first-order chi connectivity index (χ1) is 9.69. The van der Waals surface area contributed by atoms with E-state index >= 15 is 0 Å². The Morgan fingerprint density at radius 2 is 2.10 bits per heavy atom. The van der Waals surface area contributed by atoms with Crippen LogP contribution in [0.15, 0.2) is 36.5 Å². The van der Waals surface area contributed by atoms with Gasteiger partial charge in [0.1, 0.15) is 18.2 Å². The summed E-state index contributed by atoms with van der Waals surface area (Å²) in [7, 11) is 0. The van der Waals surface area contributed by atoms with E-state index in [9.17, 15) is 0 Å². The lowest BCUT2D eigenvalue weighted by atomic mass is 10.2. The summed E-state index contributed by atoms with van der Waals surface area (Å²) in [5.41, 5.74) is 2.19. The minimum Gasteiger partial charge on any atom is -0.487 e. The molecule has 3 nitrogen and oxygen atoms in total. The van der Waals surface area contributed by atoms with Gasteiger partial charge in [0, 0.05) is 12.7 Å². The van der Waals surface area contributed by atoms with Gasteiger partial charge in [0.15, 0.2) is 0 Å². The summed E-state index contributed by atoms with van der Waals surface area (Å²) in [5, 5.41) is 3.90. The number of anilines is 1. The van der Waals surface area contributed by atoms with E-state index in [1.54, 1.807) is 6.20 Å². The number of aromatic nitrogens is 1. The first kappa shape index (κ1) is 14.7. The van der Waals surface area contributed by atoms with Crippen LogP contribution in [0.4, 0.5) is 5.82 Å². The van der Waals surface area contributed by atoms with Gasteiger partial charge in [0.25, 0.3) is 0 Å². The number of hydrogen-bond acceptors (Lipinski definition) is 3. The molecule has 1 N–H and O–H groups in total. The highest BCUT2D eigenvalue weighted by atomic mass is 35.5. The van der Waals surface area contributed by atoms with Crippen molar-refractivity contribution in [2.24, 2.45) is 0 Å². The fourth-order valence-corrected chi connectivity index (χ4v) is 2.09. The number of nitrogens with zero attached hydrogens (tertiary/aromatic N) is 1. The average molecular weight is 291 g/mol. The SMILES string of the molecule is CCCNc1cc(COc2ccc(C)cc2Cl)ccn1. The van der Waals surface area contributed by atoms with Crippen LogP contribution in [0.3, 0.4) is 0 Å². The first-order valence-corrected chi connectivity index (χ1v) is 7.14. The van der Waals surface area contributed by atoms with Crippen LogP contribution in [-0.2, 0) is 6.61 Å². The monoisotopic (exact) mass is 290 g/mol. The summed E-state index contributed by atoms with van der Waals surface area (Å²) in [6, 6.07) is 9.73. The first-order valence-electron chi connectivity index (χ1n) is 6.77. The van der Waals surface area contributed by atoms with Crippen LogP contribution in [0.25, 0.3) is 0 Å². The van der Waals surface area contributed by atoms with Crippen molar-refractivity contribution in [1.29, 1.82) is 0 Å². The highest BCUT2D eigenvalue weighted by Crippen LogP contribution is 2.26. The molecule has 0 amide bonds. The molecule has 0 saturated carbocycles. The third-order valence-corrected chi connectivity index (χ3v) is 3.16. The van der Waals surface area contributed by atoms with E-state index in [0.29, 0.717) is 17.4 Å². The van der Waals surface area contributed by atoms with Crippen LogP contribution >= 0.6 is 11.6 Å². The van der Waals surface area contributed by atoms with E-state index in [0.717, 1.165) is 29.9 Å². The molecule has 1 aromatic heterocycles. The maximum Gasteiger partial charge on any atom is 0.138 e. The fourth-order valence-electron chi connectivity index (χ4n) is 1.80. The molecular weight excluding hydrogens is 272 g/mol.